The summed E-state index contributed by atoms with van der Waals surface area (Å²) in [7, 11) is 3.47. The van der Waals surface area contributed by atoms with E-state index in [1.54, 1.807) is 19.0 Å². The fraction of sp³-hybridized carbons (Fsp3) is 0.571. The highest BCUT2D eigenvalue weighted by Gasteiger charge is 2.43. The smallest absolute Gasteiger partial charge is 0.475 e. The maximum Gasteiger partial charge on any atom is 0.490 e. The molecule has 0 aromatic heterocycles. The molecule has 0 radical (unpaired) electrons. The van der Waals surface area contributed by atoms with Crippen molar-refractivity contribution in [3.63, 3.8) is 0 Å². The number of halogens is 3. The van der Waals surface area contributed by atoms with Crippen LogP contribution in [-0.4, -0.2) is 80.2 Å². The van der Waals surface area contributed by atoms with E-state index in [4.69, 9.17) is 24.6 Å². The molecule has 8 nitrogen and oxygen atoms in total. The number of likely N-dealkylation sites (N-methyl/N-ethyl adjacent to an activating group) is 1. The van der Waals surface area contributed by atoms with Crippen molar-refractivity contribution in [1.29, 1.82) is 5.26 Å². The fourth-order valence-corrected chi connectivity index (χ4v) is 3.50. The number of anilines is 1. The lowest BCUT2D eigenvalue weighted by atomic mass is 9.87. The zero-order valence-corrected chi connectivity index (χ0v) is 17.9. The summed E-state index contributed by atoms with van der Waals surface area (Å²) >= 11 is 0. The number of benzene rings is 1. The fourth-order valence-electron chi connectivity index (χ4n) is 3.50. The highest BCUT2D eigenvalue weighted by molar-refractivity contribution is 5.76. The molecule has 1 spiro atoms. The number of aliphatic carboxylic acids is 1. The number of hydrogen-bond donors (Lipinski definition) is 1. The van der Waals surface area contributed by atoms with Gasteiger partial charge in [0.1, 0.15) is 6.61 Å². The number of carboxylic acid groups (broad SMARTS) is 1. The molecule has 32 heavy (non-hydrogen) atoms. The van der Waals surface area contributed by atoms with Gasteiger partial charge in [0.2, 0.25) is 5.91 Å². The van der Waals surface area contributed by atoms with E-state index in [1.807, 2.05) is 24.3 Å². The highest BCUT2D eigenvalue weighted by atomic mass is 19.4. The van der Waals surface area contributed by atoms with E-state index >= 15 is 0 Å². The molecule has 176 valence electrons. The van der Waals surface area contributed by atoms with Gasteiger partial charge in [-0.1, -0.05) is 0 Å². The average molecular weight is 457 g/mol. The van der Waals surface area contributed by atoms with Gasteiger partial charge in [-0.2, -0.15) is 18.4 Å². The lowest BCUT2D eigenvalue weighted by Crippen LogP contribution is -2.44. The van der Waals surface area contributed by atoms with E-state index in [2.05, 4.69) is 11.0 Å². The predicted molar refractivity (Wildman–Crippen MR) is 108 cm³/mol. The molecule has 1 aromatic carbocycles. The van der Waals surface area contributed by atoms with Crippen LogP contribution in [0.15, 0.2) is 24.3 Å². The molecule has 2 aliphatic heterocycles. The molecular formula is C21H26F3N3O5. The van der Waals surface area contributed by atoms with E-state index in [-0.39, 0.29) is 24.2 Å². The van der Waals surface area contributed by atoms with Gasteiger partial charge in [-0.15, -0.1) is 0 Å². The Balaban J connectivity index is 0.000000451. The van der Waals surface area contributed by atoms with Crippen molar-refractivity contribution in [2.45, 2.75) is 37.1 Å². The van der Waals surface area contributed by atoms with Crippen LogP contribution in [0.5, 0.6) is 0 Å². The molecule has 2 saturated heterocycles. The second-order valence-electron chi connectivity index (χ2n) is 7.87. The molecule has 0 saturated carbocycles. The number of carboxylic acids is 1. The molecule has 1 unspecified atom stereocenters. The Bertz CT molecular complexity index is 829. The number of carbonyl (C=O) groups excluding carboxylic acids is 1. The zero-order chi connectivity index (χ0) is 23.9. The van der Waals surface area contributed by atoms with Gasteiger partial charge in [0.25, 0.3) is 0 Å². The largest absolute Gasteiger partial charge is 0.490 e. The minimum atomic E-state index is -5.08. The Kier molecular flexibility index (Phi) is 8.46. The lowest BCUT2D eigenvalue weighted by Gasteiger charge is -2.39. The van der Waals surface area contributed by atoms with E-state index in [0.29, 0.717) is 12.2 Å². The topological polar surface area (TPSA) is 103 Å². The summed E-state index contributed by atoms with van der Waals surface area (Å²) in [5.74, 6) is -2.77. The van der Waals surface area contributed by atoms with Gasteiger partial charge < -0.3 is 24.4 Å². The molecule has 1 atom stereocenters. The second kappa shape index (κ2) is 10.7. The first-order chi connectivity index (χ1) is 15.0. The standard InChI is InChI=1S/C19H25N3O3.C2HF3O2/c1-21(2)18(23)14-24-17-11-19(25-13-17)7-9-22(10-8-19)16-5-3-15(12-20)4-6-16;3-2(4,5)1(6)7/h3-6,17H,7-11,13-14H2,1-2H3;(H,6,7). The molecule has 0 bridgehead atoms. The van der Waals surface area contributed by atoms with Gasteiger partial charge in [-0.05, 0) is 37.1 Å². The summed E-state index contributed by atoms with van der Waals surface area (Å²) in [6.07, 6.45) is -2.32. The second-order valence-corrected chi connectivity index (χ2v) is 7.87. The van der Waals surface area contributed by atoms with Gasteiger partial charge in [-0.25, -0.2) is 4.79 Å². The van der Waals surface area contributed by atoms with Crippen LogP contribution in [-0.2, 0) is 19.1 Å². The number of amides is 1. The molecule has 1 amide bonds. The summed E-state index contributed by atoms with van der Waals surface area (Å²) in [6.45, 7) is 2.54. The van der Waals surface area contributed by atoms with Crippen molar-refractivity contribution >= 4 is 17.6 Å². The van der Waals surface area contributed by atoms with E-state index in [9.17, 15) is 18.0 Å². The maximum absolute atomic E-state index is 11.6. The van der Waals surface area contributed by atoms with Crippen LogP contribution in [0, 0.1) is 11.3 Å². The van der Waals surface area contributed by atoms with Gasteiger partial charge in [0.05, 0.1) is 29.9 Å². The molecule has 0 aliphatic carbocycles. The highest BCUT2D eigenvalue weighted by Crippen LogP contribution is 2.38. The Morgan fingerprint density at radius 3 is 2.31 bits per heavy atom. The minimum absolute atomic E-state index is 0.00496. The predicted octanol–water partition coefficient (Wildman–Crippen LogP) is 2.42. The molecule has 3 rings (SSSR count). The molecule has 1 aromatic rings. The van der Waals surface area contributed by atoms with Gasteiger partial charge in [-0.3, -0.25) is 4.79 Å². The SMILES string of the molecule is CN(C)C(=O)COC1COC2(CCN(c3ccc(C#N)cc3)CC2)C1.O=C(O)C(F)(F)F. The number of ether oxygens (including phenoxy) is 2. The number of alkyl halides is 3. The third kappa shape index (κ3) is 7.10. The van der Waals surface area contributed by atoms with Crippen molar-refractivity contribution in [3.05, 3.63) is 29.8 Å². The quantitative estimate of drug-likeness (QED) is 0.741. The Labute approximate surface area is 184 Å². The molecule has 2 fully saturated rings. The first-order valence-electron chi connectivity index (χ1n) is 9.97. The first-order valence-corrected chi connectivity index (χ1v) is 9.97. The average Bonchev–Trinajstić information content (AvgIpc) is 3.14. The van der Waals surface area contributed by atoms with Crippen LogP contribution >= 0.6 is 0 Å². The summed E-state index contributed by atoms with van der Waals surface area (Å²) in [6, 6.07) is 9.88. The van der Waals surface area contributed by atoms with Gasteiger partial charge in [0.15, 0.2) is 0 Å². The summed E-state index contributed by atoms with van der Waals surface area (Å²) in [5.41, 5.74) is 1.72. The zero-order valence-electron chi connectivity index (χ0n) is 17.9. The lowest BCUT2D eigenvalue weighted by molar-refractivity contribution is -0.192. The summed E-state index contributed by atoms with van der Waals surface area (Å²) in [5, 5.41) is 16.0. The Hall–Kier alpha value is -2.84. The third-order valence-electron chi connectivity index (χ3n) is 5.40. The number of hydrogen-bond acceptors (Lipinski definition) is 6. The number of nitrogens with zero attached hydrogens (tertiary/aromatic N) is 3. The first kappa shape index (κ1) is 25.4. The minimum Gasteiger partial charge on any atom is -0.475 e. The van der Waals surface area contributed by atoms with Crippen LogP contribution in [0.1, 0.15) is 24.8 Å². The maximum atomic E-state index is 11.6. The number of piperidine rings is 1. The van der Waals surface area contributed by atoms with Gasteiger partial charge in [0, 0.05) is 39.3 Å². The number of rotatable bonds is 4. The molecule has 2 heterocycles. The Morgan fingerprint density at radius 1 is 1.28 bits per heavy atom. The van der Waals surface area contributed by atoms with Crippen LogP contribution < -0.4 is 4.90 Å². The van der Waals surface area contributed by atoms with Crippen molar-refractivity contribution in [3.8, 4) is 6.07 Å². The van der Waals surface area contributed by atoms with Crippen molar-refractivity contribution in [2.24, 2.45) is 0 Å². The van der Waals surface area contributed by atoms with E-state index in [0.717, 1.165) is 38.0 Å². The summed E-state index contributed by atoms with van der Waals surface area (Å²) in [4.78, 5) is 24.4. The number of carbonyl (C=O) groups is 2. The number of nitriles is 1. The molecule has 11 heteroatoms. The molecule has 2 aliphatic rings. The van der Waals surface area contributed by atoms with Crippen LogP contribution in [0.2, 0.25) is 0 Å². The summed E-state index contributed by atoms with van der Waals surface area (Å²) < 4.78 is 43.6. The van der Waals surface area contributed by atoms with Crippen LogP contribution in [0.3, 0.4) is 0 Å². The van der Waals surface area contributed by atoms with Crippen molar-refractivity contribution < 1.29 is 37.3 Å². The van der Waals surface area contributed by atoms with E-state index < -0.39 is 12.1 Å². The Morgan fingerprint density at radius 2 is 1.84 bits per heavy atom. The van der Waals surface area contributed by atoms with E-state index in [1.165, 1.54) is 0 Å². The van der Waals surface area contributed by atoms with Crippen LogP contribution in [0.4, 0.5) is 18.9 Å². The molecule has 1 N–H and O–H groups in total. The third-order valence-corrected chi connectivity index (χ3v) is 5.40. The van der Waals surface area contributed by atoms with Crippen molar-refractivity contribution in [1.82, 2.24) is 4.90 Å². The van der Waals surface area contributed by atoms with Gasteiger partial charge >= 0.3 is 12.1 Å². The van der Waals surface area contributed by atoms with Crippen molar-refractivity contribution in [2.75, 3.05) is 45.3 Å². The monoisotopic (exact) mass is 457 g/mol. The molecular weight excluding hydrogens is 431 g/mol. The van der Waals surface area contributed by atoms with Crippen LogP contribution in [0.25, 0.3) is 0 Å². The normalized spacial score (nSPS) is 19.6.